The first kappa shape index (κ1) is 11.2. The fraction of sp³-hybridized carbons (Fsp3) is 0.0769. The van der Waals surface area contributed by atoms with Crippen molar-refractivity contribution in [2.75, 3.05) is 0 Å². The van der Waals surface area contributed by atoms with Gasteiger partial charge in [0, 0.05) is 5.39 Å². The van der Waals surface area contributed by atoms with Gasteiger partial charge in [0.1, 0.15) is 10.1 Å². The minimum absolute atomic E-state index is 0.210. The predicted octanol–water partition coefficient (Wildman–Crippen LogP) is 3.25. The number of H-pyrrole nitrogens is 1. The van der Waals surface area contributed by atoms with Crippen LogP contribution in [0.4, 0.5) is 0 Å². The van der Waals surface area contributed by atoms with Gasteiger partial charge in [-0.2, -0.15) is 0 Å². The van der Waals surface area contributed by atoms with E-state index in [2.05, 4.69) is 25.9 Å². The normalized spacial score (nSPS) is 11.0. The highest BCUT2D eigenvalue weighted by atomic mass is 79.9. The first-order valence-corrected chi connectivity index (χ1v) is 6.20. The lowest BCUT2D eigenvalue weighted by Crippen LogP contribution is -2.11. The number of aromatic amines is 1. The second-order valence-electron chi connectivity index (χ2n) is 3.96. The molecule has 0 saturated heterocycles. The van der Waals surface area contributed by atoms with Crippen molar-refractivity contribution in [2.24, 2.45) is 0 Å². The highest BCUT2D eigenvalue weighted by Gasteiger charge is 2.11. The number of para-hydroxylation sites is 1. The van der Waals surface area contributed by atoms with E-state index in [9.17, 15) is 4.79 Å². The van der Waals surface area contributed by atoms with Crippen molar-refractivity contribution in [3.05, 3.63) is 50.9 Å². The molecule has 1 aromatic carbocycles. The van der Waals surface area contributed by atoms with Crippen LogP contribution in [0.15, 0.2) is 44.0 Å². The van der Waals surface area contributed by atoms with Crippen LogP contribution in [-0.2, 0) is 0 Å². The number of hydrogen-bond donors (Lipinski definition) is 1. The van der Waals surface area contributed by atoms with Crippen molar-refractivity contribution in [3.8, 4) is 11.6 Å². The summed E-state index contributed by atoms with van der Waals surface area (Å²) >= 11 is 3.18. The van der Waals surface area contributed by atoms with E-state index >= 15 is 0 Å². The fourth-order valence-electron chi connectivity index (χ4n) is 1.79. The molecule has 0 bridgehead atoms. The van der Waals surface area contributed by atoms with Crippen molar-refractivity contribution >= 4 is 26.9 Å². The van der Waals surface area contributed by atoms with Gasteiger partial charge in [-0.15, -0.1) is 0 Å². The molecule has 2 aromatic heterocycles. The van der Waals surface area contributed by atoms with Gasteiger partial charge in [0.05, 0.1) is 5.69 Å². The molecular formula is C13H9BrN2O2. The summed E-state index contributed by atoms with van der Waals surface area (Å²) in [5, 5.41) is 0.982. The molecule has 1 N–H and O–H groups in total. The minimum Gasteiger partial charge on any atom is -0.453 e. The van der Waals surface area contributed by atoms with Crippen LogP contribution in [0.2, 0.25) is 0 Å². The highest BCUT2D eigenvalue weighted by molar-refractivity contribution is 9.10. The molecule has 3 rings (SSSR count). The van der Waals surface area contributed by atoms with Crippen LogP contribution < -0.4 is 5.56 Å². The van der Waals surface area contributed by atoms with Gasteiger partial charge in [0.2, 0.25) is 0 Å². The summed E-state index contributed by atoms with van der Waals surface area (Å²) in [6, 6.07) is 9.53. The SMILES string of the molecule is Cc1nc(-c2cc3ccccc3o2)[nH]c(=O)c1Br. The molecule has 0 aliphatic heterocycles. The first-order valence-electron chi connectivity index (χ1n) is 5.40. The molecule has 0 amide bonds. The Kier molecular flexibility index (Phi) is 2.56. The predicted molar refractivity (Wildman–Crippen MR) is 72.5 cm³/mol. The third-order valence-electron chi connectivity index (χ3n) is 2.69. The Balaban J connectivity index is 2.23. The van der Waals surface area contributed by atoms with Crippen molar-refractivity contribution < 1.29 is 4.42 Å². The number of fused-ring (bicyclic) bond motifs is 1. The van der Waals surface area contributed by atoms with Crippen molar-refractivity contribution in [1.29, 1.82) is 0 Å². The third kappa shape index (κ3) is 1.76. The zero-order valence-corrected chi connectivity index (χ0v) is 11.1. The zero-order valence-electron chi connectivity index (χ0n) is 9.53. The van der Waals surface area contributed by atoms with Crippen LogP contribution in [0.5, 0.6) is 0 Å². The second kappa shape index (κ2) is 4.10. The van der Waals surface area contributed by atoms with Crippen LogP contribution in [0.3, 0.4) is 0 Å². The van der Waals surface area contributed by atoms with E-state index < -0.39 is 0 Å². The Labute approximate surface area is 111 Å². The number of nitrogens with zero attached hydrogens (tertiary/aromatic N) is 1. The molecule has 0 aliphatic carbocycles. The van der Waals surface area contributed by atoms with E-state index in [0.717, 1.165) is 11.0 Å². The fourth-order valence-corrected chi connectivity index (χ4v) is 1.97. The summed E-state index contributed by atoms with van der Waals surface area (Å²) in [7, 11) is 0. The quantitative estimate of drug-likeness (QED) is 0.750. The van der Waals surface area contributed by atoms with Crippen LogP contribution >= 0.6 is 15.9 Å². The minimum atomic E-state index is -0.210. The number of aromatic nitrogens is 2. The zero-order chi connectivity index (χ0) is 12.7. The van der Waals surface area contributed by atoms with E-state index in [4.69, 9.17) is 4.42 Å². The van der Waals surface area contributed by atoms with Crippen molar-refractivity contribution in [2.45, 2.75) is 6.92 Å². The van der Waals surface area contributed by atoms with E-state index in [1.54, 1.807) is 6.92 Å². The molecule has 5 heteroatoms. The number of nitrogens with one attached hydrogen (secondary N) is 1. The molecule has 0 aliphatic rings. The summed E-state index contributed by atoms with van der Waals surface area (Å²) in [4.78, 5) is 18.7. The number of rotatable bonds is 1. The molecule has 0 spiro atoms. The van der Waals surface area contributed by atoms with E-state index in [1.165, 1.54) is 0 Å². The summed E-state index contributed by atoms with van der Waals surface area (Å²) in [6.45, 7) is 1.77. The van der Waals surface area contributed by atoms with Gasteiger partial charge in [-0.3, -0.25) is 4.79 Å². The van der Waals surface area contributed by atoms with Crippen LogP contribution in [0, 0.1) is 6.92 Å². The molecule has 2 heterocycles. The smallest absolute Gasteiger partial charge is 0.265 e. The average Bonchev–Trinajstić information content (AvgIpc) is 2.79. The summed E-state index contributed by atoms with van der Waals surface area (Å²) < 4.78 is 6.10. The highest BCUT2D eigenvalue weighted by Crippen LogP contribution is 2.25. The standard InChI is InChI=1S/C13H9BrN2O2/c1-7-11(14)13(17)16-12(15-7)10-6-8-4-2-3-5-9(8)18-10/h2-6H,1H3,(H,15,16,17). The molecule has 0 radical (unpaired) electrons. The largest absolute Gasteiger partial charge is 0.453 e. The Hall–Kier alpha value is -1.88. The lowest BCUT2D eigenvalue weighted by atomic mass is 10.2. The van der Waals surface area contributed by atoms with Gasteiger partial charge < -0.3 is 9.40 Å². The third-order valence-corrected chi connectivity index (χ3v) is 3.62. The molecule has 18 heavy (non-hydrogen) atoms. The van der Waals surface area contributed by atoms with Crippen LogP contribution in [0.25, 0.3) is 22.6 Å². The van der Waals surface area contributed by atoms with Gasteiger partial charge in [-0.25, -0.2) is 4.98 Å². The van der Waals surface area contributed by atoms with E-state index in [-0.39, 0.29) is 5.56 Å². The Morgan fingerprint density at radius 1 is 1.33 bits per heavy atom. The maximum absolute atomic E-state index is 11.7. The Morgan fingerprint density at radius 2 is 2.11 bits per heavy atom. The maximum atomic E-state index is 11.7. The lowest BCUT2D eigenvalue weighted by molar-refractivity contribution is 0.624. The molecular weight excluding hydrogens is 296 g/mol. The van der Waals surface area contributed by atoms with Gasteiger partial charge >= 0.3 is 0 Å². The molecule has 0 fully saturated rings. The molecule has 4 nitrogen and oxygen atoms in total. The van der Waals surface area contributed by atoms with Gasteiger partial charge in [0.25, 0.3) is 5.56 Å². The summed E-state index contributed by atoms with van der Waals surface area (Å²) in [6.07, 6.45) is 0. The molecule has 0 saturated carbocycles. The number of furan rings is 1. The van der Waals surface area contributed by atoms with Gasteiger partial charge in [-0.05, 0) is 35.0 Å². The topological polar surface area (TPSA) is 58.9 Å². The van der Waals surface area contributed by atoms with Gasteiger partial charge in [0.15, 0.2) is 11.6 Å². The Bertz CT molecular complexity index is 756. The number of benzene rings is 1. The molecule has 90 valence electrons. The van der Waals surface area contributed by atoms with E-state index in [1.807, 2.05) is 30.3 Å². The maximum Gasteiger partial charge on any atom is 0.265 e. The van der Waals surface area contributed by atoms with Crippen LogP contribution in [0.1, 0.15) is 5.69 Å². The average molecular weight is 305 g/mol. The molecule has 3 aromatic rings. The number of aryl methyl sites for hydroxylation is 1. The first-order chi connectivity index (χ1) is 8.65. The lowest BCUT2D eigenvalue weighted by Gasteiger charge is -1.99. The van der Waals surface area contributed by atoms with E-state index in [0.29, 0.717) is 21.8 Å². The van der Waals surface area contributed by atoms with Crippen molar-refractivity contribution in [1.82, 2.24) is 9.97 Å². The number of hydrogen-bond acceptors (Lipinski definition) is 3. The van der Waals surface area contributed by atoms with Gasteiger partial charge in [-0.1, -0.05) is 18.2 Å². The molecule has 0 atom stereocenters. The monoisotopic (exact) mass is 304 g/mol. The summed E-state index contributed by atoms with van der Waals surface area (Å²) in [5.74, 6) is 1.00. The van der Waals surface area contributed by atoms with Crippen molar-refractivity contribution in [3.63, 3.8) is 0 Å². The molecule has 0 unspecified atom stereocenters. The second-order valence-corrected chi connectivity index (χ2v) is 4.76. The van der Waals surface area contributed by atoms with Crippen LogP contribution in [-0.4, -0.2) is 9.97 Å². The Morgan fingerprint density at radius 3 is 2.83 bits per heavy atom. The number of halogens is 1. The summed E-state index contributed by atoms with van der Waals surface area (Å²) in [5.41, 5.74) is 1.20.